The Morgan fingerprint density at radius 1 is 1.21 bits per heavy atom. The fourth-order valence-electron chi connectivity index (χ4n) is 1.41. The van der Waals surface area contributed by atoms with Crippen LogP contribution in [0.2, 0.25) is 0 Å². The fourth-order valence-corrected chi connectivity index (χ4v) is 2.31. The molecule has 2 heteroatoms. The standard InChI is InChI=1S/C12H13NS/c1-9-6-12(14-8-9)10-4-3-5-11(7-10)13-2/h3-8,13H,1-2H3. The van der Waals surface area contributed by atoms with Crippen molar-refractivity contribution < 1.29 is 0 Å². The summed E-state index contributed by atoms with van der Waals surface area (Å²) in [6.07, 6.45) is 0. The van der Waals surface area contributed by atoms with Gasteiger partial charge in [0, 0.05) is 17.6 Å². The summed E-state index contributed by atoms with van der Waals surface area (Å²) in [4.78, 5) is 1.33. The van der Waals surface area contributed by atoms with Crippen LogP contribution in [0.4, 0.5) is 5.69 Å². The fraction of sp³-hybridized carbons (Fsp3) is 0.167. The number of rotatable bonds is 2. The zero-order chi connectivity index (χ0) is 9.97. The van der Waals surface area contributed by atoms with Gasteiger partial charge in [0.15, 0.2) is 0 Å². The molecule has 1 aromatic carbocycles. The maximum Gasteiger partial charge on any atom is 0.0346 e. The molecule has 2 aromatic rings. The summed E-state index contributed by atoms with van der Waals surface area (Å²) >= 11 is 1.79. The minimum absolute atomic E-state index is 1.16. The third kappa shape index (κ3) is 1.80. The molecule has 0 aliphatic carbocycles. The van der Waals surface area contributed by atoms with Gasteiger partial charge in [-0.3, -0.25) is 0 Å². The van der Waals surface area contributed by atoms with Crippen molar-refractivity contribution in [2.75, 3.05) is 12.4 Å². The van der Waals surface area contributed by atoms with Crippen LogP contribution < -0.4 is 5.32 Å². The SMILES string of the molecule is CNc1cccc(-c2cc(C)cs2)c1. The molecule has 1 nitrogen and oxygen atoms in total. The summed E-state index contributed by atoms with van der Waals surface area (Å²) in [6.45, 7) is 2.13. The second-order valence-electron chi connectivity index (χ2n) is 3.32. The molecular weight excluding hydrogens is 190 g/mol. The van der Waals surface area contributed by atoms with Crippen LogP contribution in [-0.2, 0) is 0 Å². The first-order chi connectivity index (χ1) is 6.79. The topological polar surface area (TPSA) is 12.0 Å². The van der Waals surface area contributed by atoms with Gasteiger partial charge >= 0.3 is 0 Å². The summed E-state index contributed by atoms with van der Waals surface area (Å²) in [5.74, 6) is 0. The maximum absolute atomic E-state index is 3.15. The van der Waals surface area contributed by atoms with Crippen molar-refractivity contribution in [2.24, 2.45) is 0 Å². The van der Waals surface area contributed by atoms with Crippen LogP contribution in [0.1, 0.15) is 5.56 Å². The van der Waals surface area contributed by atoms with Crippen molar-refractivity contribution in [1.29, 1.82) is 0 Å². The minimum Gasteiger partial charge on any atom is -0.388 e. The van der Waals surface area contributed by atoms with Gasteiger partial charge in [0.05, 0.1) is 0 Å². The number of benzene rings is 1. The zero-order valence-electron chi connectivity index (χ0n) is 8.37. The predicted molar refractivity (Wildman–Crippen MR) is 64.0 cm³/mol. The third-order valence-electron chi connectivity index (χ3n) is 2.17. The maximum atomic E-state index is 3.15. The Kier molecular flexibility index (Phi) is 2.55. The molecule has 1 aromatic heterocycles. The summed E-state index contributed by atoms with van der Waals surface area (Å²) in [7, 11) is 1.94. The zero-order valence-corrected chi connectivity index (χ0v) is 9.19. The molecule has 1 heterocycles. The molecule has 0 bridgehead atoms. The molecule has 72 valence electrons. The second-order valence-corrected chi connectivity index (χ2v) is 4.23. The molecule has 0 radical (unpaired) electrons. The Hall–Kier alpha value is -1.28. The quantitative estimate of drug-likeness (QED) is 0.783. The van der Waals surface area contributed by atoms with Gasteiger partial charge in [-0.05, 0) is 41.6 Å². The molecule has 0 unspecified atom stereocenters. The molecule has 0 spiro atoms. The smallest absolute Gasteiger partial charge is 0.0346 e. The van der Waals surface area contributed by atoms with Crippen LogP contribution in [0.25, 0.3) is 10.4 Å². The van der Waals surface area contributed by atoms with Crippen molar-refractivity contribution in [3.63, 3.8) is 0 Å². The molecule has 0 aliphatic rings. The number of aryl methyl sites for hydroxylation is 1. The highest BCUT2D eigenvalue weighted by molar-refractivity contribution is 7.13. The highest BCUT2D eigenvalue weighted by Gasteiger charge is 2.00. The summed E-state index contributed by atoms with van der Waals surface area (Å²) < 4.78 is 0. The minimum atomic E-state index is 1.16. The molecule has 0 aliphatic heterocycles. The molecule has 0 saturated heterocycles. The number of nitrogens with one attached hydrogen (secondary N) is 1. The number of hydrogen-bond donors (Lipinski definition) is 1. The summed E-state index contributed by atoms with van der Waals surface area (Å²) in [5, 5.41) is 5.33. The average Bonchev–Trinajstić information content (AvgIpc) is 2.65. The third-order valence-corrected chi connectivity index (χ3v) is 3.26. The highest BCUT2D eigenvalue weighted by atomic mass is 32.1. The predicted octanol–water partition coefficient (Wildman–Crippen LogP) is 3.77. The lowest BCUT2D eigenvalue weighted by molar-refractivity contribution is 1.51. The first-order valence-electron chi connectivity index (χ1n) is 4.63. The lowest BCUT2D eigenvalue weighted by atomic mass is 10.1. The Bertz CT molecular complexity index is 431. The number of thiophene rings is 1. The molecule has 1 N–H and O–H groups in total. The van der Waals surface area contributed by atoms with E-state index in [4.69, 9.17) is 0 Å². The van der Waals surface area contributed by atoms with E-state index in [1.165, 1.54) is 16.0 Å². The van der Waals surface area contributed by atoms with E-state index >= 15 is 0 Å². The van der Waals surface area contributed by atoms with E-state index < -0.39 is 0 Å². The van der Waals surface area contributed by atoms with Gasteiger partial charge in [-0.2, -0.15) is 0 Å². The van der Waals surface area contributed by atoms with E-state index in [9.17, 15) is 0 Å². The Morgan fingerprint density at radius 3 is 2.71 bits per heavy atom. The van der Waals surface area contributed by atoms with Crippen LogP contribution in [0.3, 0.4) is 0 Å². The van der Waals surface area contributed by atoms with Gasteiger partial charge in [-0.25, -0.2) is 0 Å². The van der Waals surface area contributed by atoms with Gasteiger partial charge in [0.1, 0.15) is 0 Å². The molecule has 2 rings (SSSR count). The summed E-state index contributed by atoms with van der Waals surface area (Å²) in [6, 6.07) is 10.7. The Morgan fingerprint density at radius 2 is 2.07 bits per heavy atom. The van der Waals surface area contributed by atoms with Crippen LogP contribution in [0, 0.1) is 6.92 Å². The largest absolute Gasteiger partial charge is 0.388 e. The first kappa shape index (κ1) is 9.28. The molecule has 0 atom stereocenters. The lowest BCUT2D eigenvalue weighted by Gasteiger charge is -2.02. The van der Waals surface area contributed by atoms with Crippen LogP contribution in [0.5, 0.6) is 0 Å². The molecular formula is C12H13NS. The van der Waals surface area contributed by atoms with E-state index in [2.05, 4.69) is 48.0 Å². The Labute approximate surface area is 88.4 Å². The Balaban J connectivity index is 2.41. The molecule has 0 saturated carbocycles. The average molecular weight is 203 g/mol. The monoisotopic (exact) mass is 203 g/mol. The van der Waals surface area contributed by atoms with Crippen LogP contribution >= 0.6 is 11.3 Å². The van der Waals surface area contributed by atoms with Crippen molar-refractivity contribution in [1.82, 2.24) is 0 Å². The van der Waals surface area contributed by atoms with Gasteiger partial charge in [-0.15, -0.1) is 11.3 Å². The van der Waals surface area contributed by atoms with Crippen molar-refractivity contribution in [3.8, 4) is 10.4 Å². The summed E-state index contributed by atoms with van der Waals surface area (Å²) in [5.41, 5.74) is 3.78. The van der Waals surface area contributed by atoms with Crippen molar-refractivity contribution >= 4 is 17.0 Å². The van der Waals surface area contributed by atoms with Gasteiger partial charge in [0.25, 0.3) is 0 Å². The van der Waals surface area contributed by atoms with Gasteiger partial charge in [0.2, 0.25) is 0 Å². The number of hydrogen-bond acceptors (Lipinski definition) is 2. The van der Waals surface area contributed by atoms with E-state index in [1.54, 1.807) is 11.3 Å². The first-order valence-corrected chi connectivity index (χ1v) is 5.51. The van der Waals surface area contributed by atoms with Gasteiger partial charge in [-0.1, -0.05) is 12.1 Å². The van der Waals surface area contributed by atoms with E-state index in [-0.39, 0.29) is 0 Å². The number of anilines is 1. The second kappa shape index (κ2) is 3.84. The normalized spacial score (nSPS) is 10.1. The van der Waals surface area contributed by atoms with E-state index in [0.29, 0.717) is 0 Å². The van der Waals surface area contributed by atoms with E-state index in [1.807, 2.05) is 7.05 Å². The molecule has 0 amide bonds. The van der Waals surface area contributed by atoms with Crippen LogP contribution in [-0.4, -0.2) is 7.05 Å². The van der Waals surface area contributed by atoms with Gasteiger partial charge < -0.3 is 5.32 Å². The van der Waals surface area contributed by atoms with Crippen molar-refractivity contribution in [2.45, 2.75) is 6.92 Å². The molecule has 0 fully saturated rings. The highest BCUT2D eigenvalue weighted by Crippen LogP contribution is 2.28. The molecule has 14 heavy (non-hydrogen) atoms. The van der Waals surface area contributed by atoms with Crippen LogP contribution in [0.15, 0.2) is 35.7 Å². The lowest BCUT2D eigenvalue weighted by Crippen LogP contribution is -1.86. The van der Waals surface area contributed by atoms with Crippen molar-refractivity contribution in [3.05, 3.63) is 41.3 Å². The van der Waals surface area contributed by atoms with E-state index in [0.717, 1.165) is 5.69 Å².